The summed E-state index contributed by atoms with van der Waals surface area (Å²) in [7, 11) is 0. The molecule has 0 aliphatic carbocycles. The van der Waals surface area contributed by atoms with Gasteiger partial charge in [-0.25, -0.2) is 4.98 Å². The number of primary amides is 1. The molecule has 10 heteroatoms. The van der Waals surface area contributed by atoms with Gasteiger partial charge in [0.2, 0.25) is 11.9 Å². The zero-order valence-electron chi connectivity index (χ0n) is 22.4. The smallest absolute Gasteiger partial charge is 0.268 e. The van der Waals surface area contributed by atoms with Gasteiger partial charge in [-0.05, 0) is 36.4 Å². The number of Topliss-reactive ketones (excluding diaryl/α,β-unsaturated/α-hetero) is 1. The zero-order valence-corrected chi connectivity index (χ0v) is 23.2. The first-order chi connectivity index (χ1) is 20.5. The molecule has 0 aliphatic heterocycles. The first-order valence-corrected chi connectivity index (χ1v) is 14.1. The highest BCUT2D eigenvalue weighted by Gasteiger charge is 2.18. The van der Waals surface area contributed by atoms with E-state index < -0.39 is 5.91 Å². The molecule has 0 unspecified atom stereocenters. The van der Waals surface area contributed by atoms with Gasteiger partial charge >= 0.3 is 0 Å². The number of thiophene rings is 1. The van der Waals surface area contributed by atoms with Crippen molar-refractivity contribution in [3.05, 3.63) is 108 Å². The lowest BCUT2D eigenvalue weighted by molar-refractivity contribution is -0.118. The Bertz CT molecular complexity index is 1940. The van der Waals surface area contributed by atoms with E-state index in [1.165, 1.54) is 11.3 Å². The Morgan fingerprint density at radius 3 is 2.57 bits per heavy atom. The summed E-state index contributed by atoms with van der Waals surface area (Å²) in [5, 5.41) is 7.09. The number of fused-ring (bicyclic) bond motifs is 2. The quantitative estimate of drug-likeness (QED) is 0.179. The number of imidazole rings is 1. The molecule has 2 amide bonds. The number of hydrogen-bond acceptors (Lipinski definition) is 7. The number of rotatable bonds is 10. The first kappa shape index (κ1) is 26.9. The van der Waals surface area contributed by atoms with Gasteiger partial charge in [-0.3, -0.25) is 24.7 Å². The van der Waals surface area contributed by atoms with E-state index in [-0.39, 0.29) is 31.2 Å². The normalized spacial score (nSPS) is 11.0. The average Bonchev–Trinajstić information content (AvgIpc) is 3.63. The number of ketones is 1. The summed E-state index contributed by atoms with van der Waals surface area (Å²) in [5.41, 5.74) is 9.90. The molecule has 0 spiro atoms. The van der Waals surface area contributed by atoms with Crippen molar-refractivity contribution < 1.29 is 14.4 Å². The molecule has 0 radical (unpaired) electrons. The van der Waals surface area contributed by atoms with Crippen molar-refractivity contribution in [2.24, 2.45) is 5.73 Å². The average molecular weight is 575 g/mol. The van der Waals surface area contributed by atoms with Crippen molar-refractivity contribution in [3.63, 3.8) is 0 Å². The molecule has 42 heavy (non-hydrogen) atoms. The number of anilines is 2. The van der Waals surface area contributed by atoms with Crippen molar-refractivity contribution in [2.45, 2.75) is 13.0 Å². The van der Waals surface area contributed by atoms with Crippen molar-refractivity contribution >= 4 is 62.5 Å². The van der Waals surface area contributed by atoms with Crippen LogP contribution in [0.4, 0.5) is 11.6 Å². The third-order valence-electron chi connectivity index (χ3n) is 6.83. The van der Waals surface area contributed by atoms with E-state index in [0.717, 1.165) is 26.9 Å². The number of nitrogens with zero attached hydrogens (tertiary/aromatic N) is 3. The van der Waals surface area contributed by atoms with Crippen molar-refractivity contribution in [1.29, 1.82) is 0 Å². The highest BCUT2D eigenvalue weighted by atomic mass is 32.1. The number of nitrogens with two attached hydrogens (primary N) is 1. The van der Waals surface area contributed by atoms with Crippen LogP contribution in [0.2, 0.25) is 0 Å². The molecule has 6 rings (SSSR count). The number of pyridine rings is 1. The van der Waals surface area contributed by atoms with Crippen molar-refractivity contribution in [3.8, 4) is 10.4 Å². The Hall–Kier alpha value is -5.35. The number of carbonyl (C=O) groups is 3. The molecule has 6 aromatic rings. The fourth-order valence-corrected chi connectivity index (χ4v) is 5.69. The van der Waals surface area contributed by atoms with E-state index >= 15 is 0 Å². The second-order valence-corrected chi connectivity index (χ2v) is 10.7. The molecule has 0 aliphatic rings. The fraction of sp³-hybridized carbons (Fsp3) is 0.0938. The monoisotopic (exact) mass is 574 g/mol. The Kier molecular flexibility index (Phi) is 7.44. The second kappa shape index (κ2) is 11.6. The van der Waals surface area contributed by atoms with Gasteiger partial charge in [-0.15, -0.1) is 11.3 Å². The number of aromatic nitrogens is 3. The van der Waals surface area contributed by atoms with Crippen LogP contribution in [0.15, 0.2) is 97.2 Å². The maximum atomic E-state index is 13.4. The topological polar surface area (TPSA) is 132 Å². The fourth-order valence-electron chi connectivity index (χ4n) is 4.76. The van der Waals surface area contributed by atoms with Gasteiger partial charge < -0.3 is 15.6 Å². The largest absolute Gasteiger partial charge is 0.378 e. The summed E-state index contributed by atoms with van der Waals surface area (Å²) in [4.78, 5) is 48.1. The third-order valence-corrected chi connectivity index (χ3v) is 7.95. The number of benzene rings is 3. The van der Waals surface area contributed by atoms with Gasteiger partial charge in [0.25, 0.3) is 5.91 Å². The highest BCUT2D eigenvalue weighted by molar-refractivity contribution is 7.17. The van der Waals surface area contributed by atoms with Crippen LogP contribution in [-0.2, 0) is 11.3 Å². The molecule has 0 bridgehead atoms. The summed E-state index contributed by atoms with van der Waals surface area (Å²) < 4.78 is 1.76. The molecule has 0 fully saturated rings. The van der Waals surface area contributed by atoms with Gasteiger partial charge in [-0.2, -0.15) is 0 Å². The van der Waals surface area contributed by atoms with E-state index in [1.54, 1.807) is 35.0 Å². The van der Waals surface area contributed by atoms with E-state index in [4.69, 9.17) is 5.73 Å². The number of carbonyl (C=O) groups excluding carboxylic acids is 3. The number of hydrogen-bond donors (Lipinski definition) is 3. The molecule has 208 valence electrons. The van der Waals surface area contributed by atoms with Gasteiger partial charge in [0, 0.05) is 46.2 Å². The Labute approximate surface area is 245 Å². The lowest BCUT2D eigenvalue weighted by Crippen LogP contribution is -2.18. The summed E-state index contributed by atoms with van der Waals surface area (Å²) >= 11 is 1.36. The predicted molar refractivity (Wildman–Crippen MR) is 166 cm³/mol. The molecule has 0 atom stereocenters. The standard InChI is InChI=1S/C32H26N6O3S/c33-29(40)15-17-38-25-12-11-22(35-19-26(39)20-6-2-1-3-7-20)18-24(25)36-32(38)37-31(41)28-14-13-27(42-28)23-10-4-8-21-9-5-16-34-30(21)23/h1-14,16,18,35H,15,17,19H2,(H2,33,40)(H,36,37,41). The lowest BCUT2D eigenvalue weighted by atomic mass is 10.1. The summed E-state index contributed by atoms with van der Waals surface area (Å²) in [5.74, 6) is -0.513. The van der Waals surface area contributed by atoms with Crippen molar-refractivity contribution in [2.75, 3.05) is 17.2 Å². The minimum Gasteiger partial charge on any atom is -0.378 e. The van der Waals surface area contributed by atoms with E-state index in [0.29, 0.717) is 27.6 Å². The number of amides is 2. The summed E-state index contributed by atoms with van der Waals surface area (Å²) in [6.45, 7) is 0.368. The Morgan fingerprint density at radius 2 is 1.74 bits per heavy atom. The van der Waals surface area contributed by atoms with Crippen LogP contribution in [0.1, 0.15) is 26.5 Å². The molecular formula is C32H26N6O3S. The maximum Gasteiger partial charge on any atom is 0.268 e. The minimum absolute atomic E-state index is 0.0368. The van der Waals surface area contributed by atoms with E-state index in [1.807, 2.05) is 66.7 Å². The molecule has 0 saturated heterocycles. The summed E-state index contributed by atoms with van der Waals surface area (Å²) in [6, 6.07) is 28.1. The van der Waals surface area contributed by atoms with Crippen LogP contribution in [0, 0.1) is 0 Å². The van der Waals surface area contributed by atoms with Crippen LogP contribution in [0.5, 0.6) is 0 Å². The first-order valence-electron chi connectivity index (χ1n) is 13.3. The number of nitrogens with one attached hydrogen (secondary N) is 2. The minimum atomic E-state index is -0.460. The van der Waals surface area contributed by atoms with Crippen molar-refractivity contribution in [1.82, 2.24) is 14.5 Å². The van der Waals surface area contributed by atoms with Gasteiger partial charge in [0.05, 0.1) is 28.0 Å². The van der Waals surface area contributed by atoms with E-state index in [2.05, 4.69) is 20.6 Å². The van der Waals surface area contributed by atoms with Gasteiger partial charge in [0.1, 0.15) is 0 Å². The molecule has 3 heterocycles. The molecule has 3 aromatic heterocycles. The molecular weight excluding hydrogens is 548 g/mol. The van der Waals surface area contributed by atoms with Crippen LogP contribution in [0.25, 0.3) is 32.4 Å². The predicted octanol–water partition coefficient (Wildman–Crippen LogP) is 5.74. The van der Waals surface area contributed by atoms with Gasteiger partial charge in [0.15, 0.2) is 5.78 Å². The molecule has 0 saturated carbocycles. The van der Waals surface area contributed by atoms with E-state index in [9.17, 15) is 14.4 Å². The molecule has 4 N–H and O–H groups in total. The zero-order chi connectivity index (χ0) is 29.1. The van der Waals surface area contributed by atoms with Gasteiger partial charge in [-0.1, -0.05) is 54.6 Å². The lowest BCUT2D eigenvalue weighted by Gasteiger charge is -2.09. The molecule has 9 nitrogen and oxygen atoms in total. The molecule has 3 aromatic carbocycles. The highest BCUT2D eigenvalue weighted by Crippen LogP contribution is 2.33. The van der Waals surface area contributed by atoms with Crippen LogP contribution < -0.4 is 16.4 Å². The second-order valence-electron chi connectivity index (χ2n) is 9.65. The summed E-state index contributed by atoms with van der Waals surface area (Å²) in [6.07, 6.45) is 1.84. The number of aryl methyl sites for hydroxylation is 1. The SMILES string of the molecule is NC(=O)CCn1c(NC(=O)c2ccc(-c3cccc4cccnc34)s2)nc2cc(NCC(=O)c3ccccc3)ccc21. The third kappa shape index (κ3) is 5.61. The Balaban J connectivity index is 1.24. The van der Waals surface area contributed by atoms with Crippen LogP contribution in [-0.4, -0.2) is 38.7 Å². The van der Waals surface area contributed by atoms with Crippen LogP contribution in [0.3, 0.4) is 0 Å². The van der Waals surface area contributed by atoms with Crippen LogP contribution >= 0.6 is 11.3 Å². The Morgan fingerprint density at radius 1 is 0.905 bits per heavy atom. The number of para-hydroxylation sites is 1. The maximum absolute atomic E-state index is 13.4.